The summed E-state index contributed by atoms with van der Waals surface area (Å²) in [6, 6.07) is 6.41. The van der Waals surface area contributed by atoms with Crippen molar-refractivity contribution in [1.82, 2.24) is 19.4 Å². The third kappa shape index (κ3) is 5.05. The van der Waals surface area contributed by atoms with Crippen LogP contribution in [0.2, 0.25) is 5.15 Å². The van der Waals surface area contributed by atoms with Gasteiger partial charge in [0.15, 0.2) is 5.69 Å². The van der Waals surface area contributed by atoms with Gasteiger partial charge in [-0.15, -0.1) is 0 Å². The molecule has 0 unspecified atom stereocenters. The van der Waals surface area contributed by atoms with Gasteiger partial charge in [-0.3, -0.25) is 14.3 Å². The lowest BCUT2D eigenvalue weighted by atomic mass is 10.0. The first-order chi connectivity index (χ1) is 18.9. The number of carbonyl (C=O) groups excluding carboxylic acids is 1. The minimum absolute atomic E-state index is 0.0254. The highest BCUT2D eigenvalue weighted by Gasteiger charge is 2.44. The molecule has 2 aromatic heterocycles. The Balaban J connectivity index is 1.52. The first-order valence-electron chi connectivity index (χ1n) is 13.4. The number of benzene rings is 1. The van der Waals surface area contributed by atoms with E-state index in [0.717, 1.165) is 24.0 Å². The Morgan fingerprint density at radius 1 is 1.12 bits per heavy atom. The standard InChI is InChI=1S/C28H33ClN6O5/c1-14(2)40-28(39)35-17-6-7-18(35)13-34(12-17)27-32-23-19(10-15(3)11-20(23)25(36)33(27)5)16(4)30-21-8-9-22(29)31-24(21)26(37)38/h8-11,14,16-18,30H,6-7,12-13H2,1-5H3,(H,37,38)/t16-,17-,18+/m1/s1. The highest BCUT2D eigenvalue weighted by atomic mass is 35.5. The first kappa shape index (κ1) is 27.7. The number of aryl methyl sites for hydroxylation is 1. The quantitative estimate of drug-likeness (QED) is 0.416. The maximum absolute atomic E-state index is 13.6. The number of nitrogens with one attached hydrogen (secondary N) is 1. The van der Waals surface area contributed by atoms with E-state index in [4.69, 9.17) is 21.3 Å². The summed E-state index contributed by atoms with van der Waals surface area (Å²) in [7, 11) is 1.72. The zero-order valence-corrected chi connectivity index (χ0v) is 23.9. The molecule has 12 heteroatoms. The second kappa shape index (κ2) is 10.6. The number of piperazine rings is 1. The molecule has 0 saturated carbocycles. The van der Waals surface area contributed by atoms with Gasteiger partial charge in [-0.05, 0) is 64.3 Å². The Morgan fingerprint density at radius 3 is 2.42 bits per heavy atom. The van der Waals surface area contributed by atoms with Crippen LogP contribution in [0.5, 0.6) is 0 Å². The van der Waals surface area contributed by atoms with Crippen LogP contribution in [0, 0.1) is 6.92 Å². The number of rotatable bonds is 6. The fraction of sp³-hybridized carbons (Fsp3) is 0.464. The number of carboxylic acid groups (broad SMARTS) is 1. The zero-order chi connectivity index (χ0) is 28.9. The van der Waals surface area contributed by atoms with Crippen molar-refractivity contribution in [2.45, 2.75) is 64.8 Å². The van der Waals surface area contributed by atoms with Gasteiger partial charge >= 0.3 is 12.1 Å². The van der Waals surface area contributed by atoms with E-state index in [1.54, 1.807) is 17.7 Å². The highest BCUT2D eigenvalue weighted by Crippen LogP contribution is 2.34. The number of ether oxygens (including phenoxy) is 1. The Morgan fingerprint density at radius 2 is 1.80 bits per heavy atom. The van der Waals surface area contributed by atoms with E-state index < -0.39 is 12.0 Å². The van der Waals surface area contributed by atoms with Gasteiger partial charge in [0.1, 0.15) is 5.15 Å². The van der Waals surface area contributed by atoms with Crippen LogP contribution in [0.15, 0.2) is 29.1 Å². The van der Waals surface area contributed by atoms with Gasteiger partial charge in [0, 0.05) is 25.7 Å². The van der Waals surface area contributed by atoms with Crippen LogP contribution in [0.1, 0.15) is 61.3 Å². The van der Waals surface area contributed by atoms with Crippen LogP contribution in [-0.2, 0) is 11.8 Å². The summed E-state index contributed by atoms with van der Waals surface area (Å²) in [5, 5.41) is 13.4. The molecule has 5 rings (SSSR count). The fourth-order valence-electron chi connectivity index (χ4n) is 5.81. The summed E-state index contributed by atoms with van der Waals surface area (Å²) in [5.74, 6) is -0.672. The second-order valence-corrected chi connectivity index (χ2v) is 11.2. The second-order valence-electron chi connectivity index (χ2n) is 10.9. The number of fused-ring (bicyclic) bond motifs is 3. The summed E-state index contributed by atoms with van der Waals surface area (Å²) in [6.07, 6.45) is 1.24. The lowest BCUT2D eigenvalue weighted by molar-refractivity contribution is 0.0569. The van der Waals surface area contributed by atoms with Gasteiger partial charge in [-0.2, -0.15) is 0 Å². The van der Waals surface area contributed by atoms with E-state index in [1.165, 1.54) is 6.07 Å². The summed E-state index contributed by atoms with van der Waals surface area (Å²) >= 11 is 5.93. The Bertz CT molecular complexity index is 1540. The van der Waals surface area contributed by atoms with Gasteiger partial charge in [-0.25, -0.2) is 19.6 Å². The molecule has 1 amide bonds. The molecule has 40 heavy (non-hydrogen) atoms. The molecule has 0 aliphatic carbocycles. The van der Waals surface area contributed by atoms with E-state index in [9.17, 15) is 19.5 Å². The van der Waals surface area contributed by atoms with Gasteiger partial charge in [0.25, 0.3) is 5.56 Å². The molecule has 0 radical (unpaired) electrons. The predicted octanol–water partition coefficient (Wildman–Crippen LogP) is 4.36. The number of amides is 1. The molecule has 1 aromatic carbocycles. The van der Waals surface area contributed by atoms with Crippen molar-refractivity contribution < 1.29 is 19.4 Å². The topological polar surface area (TPSA) is 130 Å². The molecule has 2 aliphatic rings. The number of hydrogen-bond acceptors (Lipinski definition) is 8. The Kier molecular flexibility index (Phi) is 7.34. The molecule has 11 nitrogen and oxygen atoms in total. The van der Waals surface area contributed by atoms with Crippen LogP contribution in [0.4, 0.5) is 16.4 Å². The van der Waals surface area contributed by atoms with Crippen LogP contribution < -0.4 is 15.8 Å². The number of pyridine rings is 1. The highest BCUT2D eigenvalue weighted by molar-refractivity contribution is 6.29. The van der Waals surface area contributed by atoms with Crippen molar-refractivity contribution in [2.24, 2.45) is 7.05 Å². The smallest absolute Gasteiger partial charge is 0.410 e. The van der Waals surface area contributed by atoms with E-state index in [1.807, 2.05) is 44.7 Å². The average Bonchev–Trinajstić information content (AvgIpc) is 3.16. The van der Waals surface area contributed by atoms with Crippen molar-refractivity contribution in [1.29, 1.82) is 0 Å². The lowest BCUT2D eigenvalue weighted by Gasteiger charge is -2.41. The maximum atomic E-state index is 13.6. The Labute approximate surface area is 236 Å². The SMILES string of the molecule is Cc1cc([C@@H](C)Nc2ccc(Cl)nc2C(=O)O)c2nc(N3C[C@H]4CC[C@@H](C3)N4C(=O)OC(C)C)n(C)c(=O)c2c1. The summed E-state index contributed by atoms with van der Waals surface area (Å²) in [6.45, 7) is 8.55. The third-order valence-corrected chi connectivity index (χ3v) is 7.76. The van der Waals surface area contributed by atoms with Gasteiger partial charge in [0.2, 0.25) is 5.95 Å². The zero-order valence-electron chi connectivity index (χ0n) is 23.1. The fourth-order valence-corrected chi connectivity index (χ4v) is 5.95. The minimum atomic E-state index is -1.20. The average molecular weight is 569 g/mol. The molecule has 2 saturated heterocycles. The van der Waals surface area contributed by atoms with E-state index in [0.29, 0.717) is 35.6 Å². The molecule has 212 valence electrons. The van der Waals surface area contributed by atoms with Gasteiger partial charge < -0.3 is 20.1 Å². The summed E-state index contributed by atoms with van der Waals surface area (Å²) < 4.78 is 7.05. The number of carbonyl (C=O) groups is 2. The van der Waals surface area contributed by atoms with Crippen molar-refractivity contribution in [2.75, 3.05) is 23.3 Å². The van der Waals surface area contributed by atoms with Crippen molar-refractivity contribution in [3.05, 3.63) is 56.6 Å². The molecule has 2 bridgehead atoms. The van der Waals surface area contributed by atoms with E-state index >= 15 is 0 Å². The third-order valence-electron chi connectivity index (χ3n) is 7.55. The molecular weight excluding hydrogens is 536 g/mol. The summed E-state index contributed by atoms with van der Waals surface area (Å²) in [4.78, 5) is 51.0. The summed E-state index contributed by atoms with van der Waals surface area (Å²) in [5.41, 5.74) is 2.12. The molecule has 0 spiro atoms. The predicted molar refractivity (Wildman–Crippen MR) is 152 cm³/mol. The normalized spacial score (nSPS) is 19.3. The van der Waals surface area contributed by atoms with Crippen LogP contribution in [-0.4, -0.2) is 67.9 Å². The number of aromatic carboxylic acids is 1. The molecule has 2 N–H and O–H groups in total. The van der Waals surface area contributed by atoms with Crippen molar-refractivity contribution in [3.8, 4) is 0 Å². The van der Waals surface area contributed by atoms with Gasteiger partial charge in [-0.1, -0.05) is 17.7 Å². The van der Waals surface area contributed by atoms with E-state index in [2.05, 4.69) is 15.2 Å². The van der Waals surface area contributed by atoms with Crippen LogP contribution in [0.3, 0.4) is 0 Å². The van der Waals surface area contributed by atoms with E-state index in [-0.39, 0.29) is 40.7 Å². The number of aromatic nitrogens is 3. The van der Waals surface area contributed by atoms with Gasteiger partial charge in [0.05, 0.1) is 40.8 Å². The lowest BCUT2D eigenvalue weighted by Crippen LogP contribution is -2.57. The maximum Gasteiger partial charge on any atom is 0.410 e. The Hall–Kier alpha value is -3.86. The first-order valence-corrected chi connectivity index (χ1v) is 13.7. The molecule has 2 fully saturated rings. The molecule has 2 aliphatic heterocycles. The largest absolute Gasteiger partial charge is 0.476 e. The van der Waals surface area contributed by atoms with Crippen molar-refractivity contribution >= 4 is 46.2 Å². The number of carboxylic acids is 1. The number of nitrogens with zero attached hydrogens (tertiary/aromatic N) is 5. The molecule has 3 atom stereocenters. The number of halogens is 1. The van der Waals surface area contributed by atoms with Crippen LogP contribution in [0.25, 0.3) is 10.9 Å². The molecule has 3 aromatic rings. The van der Waals surface area contributed by atoms with Crippen molar-refractivity contribution in [3.63, 3.8) is 0 Å². The van der Waals surface area contributed by atoms with Crippen LogP contribution >= 0.6 is 11.6 Å². The minimum Gasteiger partial charge on any atom is -0.476 e. The monoisotopic (exact) mass is 568 g/mol. The number of hydrogen-bond donors (Lipinski definition) is 2. The number of anilines is 2. The molecular formula is C28H33ClN6O5. The molecule has 4 heterocycles.